The molecule has 1 spiro atoms. The molecule has 1 amide bonds. The Morgan fingerprint density at radius 2 is 1.82 bits per heavy atom. The topological polar surface area (TPSA) is 29.5 Å². The zero-order valence-corrected chi connectivity index (χ0v) is 13.1. The Morgan fingerprint density at radius 1 is 1.29 bits per heavy atom. The van der Waals surface area contributed by atoms with Crippen molar-refractivity contribution in [2.24, 2.45) is 5.41 Å². The highest BCUT2D eigenvalue weighted by molar-refractivity contribution is 14.1. The average Bonchev–Trinajstić information content (AvgIpc) is 2.13. The fourth-order valence-corrected chi connectivity index (χ4v) is 3.35. The predicted molar refractivity (Wildman–Crippen MR) is 76.5 cm³/mol. The van der Waals surface area contributed by atoms with Gasteiger partial charge in [-0.05, 0) is 46.5 Å². The van der Waals surface area contributed by atoms with E-state index in [-0.39, 0.29) is 11.7 Å². The second-order valence-electron chi connectivity index (χ2n) is 6.51. The van der Waals surface area contributed by atoms with Crippen molar-refractivity contribution in [1.29, 1.82) is 0 Å². The van der Waals surface area contributed by atoms with Crippen LogP contribution in [0.5, 0.6) is 0 Å². The Bertz CT molecular complexity index is 295. The molecule has 0 aromatic heterocycles. The standard InChI is InChI=1S/C13H22INO2/c1-12(2,3)17-11(16)15-8-13(9-15)6-4-10(14)5-7-13/h10H,4-9H2,1-3H3. The first kappa shape index (κ1) is 13.4. The van der Waals surface area contributed by atoms with Gasteiger partial charge in [-0.25, -0.2) is 4.79 Å². The van der Waals surface area contributed by atoms with Crippen molar-refractivity contribution in [2.75, 3.05) is 13.1 Å². The lowest BCUT2D eigenvalue weighted by atomic mass is 9.69. The molecule has 98 valence electrons. The number of ether oxygens (including phenoxy) is 1. The van der Waals surface area contributed by atoms with Crippen molar-refractivity contribution in [3.63, 3.8) is 0 Å². The fraction of sp³-hybridized carbons (Fsp3) is 0.923. The van der Waals surface area contributed by atoms with Crippen LogP contribution >= 0.6 is 22.6 Å². The third kappa shape index (κ3) is 3.26. The Morgan fingerprint density at radius 3 is 2.29 bits per heavy atom. The van der Waals surface area contributed by atoms with Crippen LogP contribution in [0.25, 0.3) is 0 Å². The van der Waals surface area contributed by atoms with E-state index in [0.29, 0.717) is 5.41 Å². The van der Waals surface area contributed by atoms with Crippen molar-refractivity contribution in [3.05, 3.63) is 0 Å². The van der Waals surface area contributed by atoms with Crippen LogP contribution in [-0.2, 0) is 4.74 Å². The third-order valence-corrected chi connectivity index (χ3v) is 4.93. The highest BCUT2D eigenvalue weighted by Gasteiger charge is 2.47. The number of hydrogen-bond acceptors (Lipinski definition) is 2. The molecule has 2 aliphatic rings. The second kappa shape index (κ2) is 4.59. The number of likely N-dealkylation sites (tertiary alicyclic amines) is 1. The number of carbonyl (C=O) groups is 1. The van der Waals surface area contributed by atoms with E-state index >= 15 is 0 Å². The van der Waals surface area contributed by atoms with Crippen molar-refractivity contribution >= 4 is 28.7 Å². The number of rotatable bonds is 0. The minimum absolute atomic E-state index is 0.139. The molecule has 3 nitrogen and oxygen atoms in total. The van der Waals surface area contributed by atoms with Crippen LogP contribution in [0.15, 0.2) is 0 Å². The van der Waals surface area contributed by atoms with E-state index in [1.54, 1.807) is 0 Å². The van der Waals surface area contributed by atoms with Crippen LogP contribution in [-0.4, -0.2) is 33.6 Å². The van der Waals surface area contributed by atoms with Gasteiger partial charge >= 0.3 is 6.09 Å². The van der Waals surface area contributed by atoms with Gasteiger partial charge < -0.3 is 9.64 Å². The summed E-state index contributed by atoms with van der Waals surface area (Å²) in [6, 6.07) is 0. The lowest BCUT2D eigenvalue weighted by Crippen LogP contribution is -2.60. The second-order valence-corrected chi connectivity index (χ2v) is 8.27. The van der Waals surface area contributed by atoms with Gasteiger partial charge in [-0.3, -0.25) is 0 Å². The van der Waals surface area contributed by atoms with Gasteiger partial charge in [-0.15, -0.1) is 0 Å². The summed E-state index contributed by atoms with van der Waals surface area (Å²) in [6.07, 6.45) is 5.03. The monoisotopic (exact) mass is 351 g/mol. The molecule has 0 unspecified atom stereocenters. The van der Waals surface area contributed by atoms with E-state index in [9.17, 15) is 4.79 Å². The fourth-order valence-electron chi connectivity index (χ4n) is 2.73. The van der Waals surface area contributed by atoms with E-state index in [0.717, 1.165) is 17.0 Å². The summed E-state index contributed by atoms with van der Waals surface area (Å²) >= 11 is 2.55. The van der Waals surface area contributed by atoms with Crippen LogP contribution < -0.4 is 0 Å². The van der Waals surface area contributed by atoms with Crippen LogP contribution in [0.2, 0.25) is 0 Å². The molecule has 17 heavy (non-hydrogen) atoms. The Labute approximate surface area is 117 Å². The quantitative estimate of drug-likeness (QED) is 0.493. The Balaban J connectivity index is 1.80. The lowest BCUT2D eigenvalue weighted by Gasteiger charge is -2.52. The lowest BCUT2D eigenvalue weighted by molar-refractivity contribution is -0.0475. The summed E-state index contributed by atoms with van der Waals surface area (Å²) in [5.74, 6) is 0. The number of amides is 1. The van der Waals surface area contributed by atoms with Crippen LogP contribution in [0.3, 0.4) is 0 Å². The zero-order chi connectivity index (χ0) is 12.7. The molecule has 0 aromatic rings. The number of halogens is 1. The molecule has 0 radical (unpaired) electrons. The van der Waals surface area contributed by atoms with Crippen molar-refractivity contribution in [3.8, 4) is 0 Å². The van der Waals surface area contributed by atoms with Gasteiger partial charge in [0.25, 0.3) is 0 Å². The molecule has 1 saturated heterocycles. The van der Waals surface area contributed by atoms with E-state index in [1.807, 2.05) is 25.7 Å². The number of carbonyl (C=O) groups excluding carboxylic acids is 1. The molecule has 1 aliphatic heterocycles. The van der Waals surface area contributed by atoms with E-state index in [1.165, 1.54) is 25.7 Å². The molecule has 2 rings (SSSR count). The summed E-state index contributed by atoms with van der Waals surface area (Å²) in [5.41, 5.74) is 0.0539. The van der Waals surface area contributed by atoms with Gasteiger partial charge in [0.2, 0.25) is 0 Å². The van der Waals surface area contributed by atoms with Crippen LogP contribution in [0, 0.1) is 5.41 Å². The average molecular weight is 351 g/mol. The van der Waals surface area contributed by atoms with E-state index in [4.69, 9.17) is 4.74 Å². The summed E-state index contributed by atoms with van der Waals surface area (Å²) in [7, 11) is 0. The molecule has 0 bridgehead atoms. The minimum atomic E-state index is -0.375. The summed E-state index contributed by atoms with van der Waals surface area (Å²) in [4.78, 5) is 13.7. The Hall–Kier alpha value is 0. The molecule has 4 heteroatoms. The van der Waals surface area contributed by atoms with Gasteiger partial charge in [-0.1, -0.05) is 22.6 Å². The molecule has 0 atom stereocenters. The molecular formula is C13H22INO2. The maximum atomic E-state index is 11.8. The summed E-state index contributed by atoms with van der Waals surface area (Å²) in [6.45, 7) is 7.57. The van der Waals surface area contributed by atoms with Crippen molar-refractivity contribution in [1.82, 2.24) is 4.90 Å². The molecule has 0 aromatic carbocycles. The normalized spacial score (nSPS) is 24.6. The molecular weight excluding hydrogens is 329 g/mol. The SMILES string of the molecule is CC(C)(C)OC(=O)N1CC2(CCC(I)CC2)C1. The maximum Gasteiger partial charge on any atom is 0.410 e. The zero-order valence-electron chi connectivity index (χ0n) is 11.0. The van der Waals surface area contributed by atoms with Crippen molar-refractivity contribution in [2.45, 2.75) is 56.0 Å². The molecule has 2 fully saturated rings. The smallest absolute Gasteiger partial charge is 0.410 e. The first-order valence-corrected chi connectivity index (χ1v) is 7.66. The first-order chi connectivity index (χ1) is 7.80. The molecule has 0 N–H and O–H groups in total. The predicted octanol–water partition coefficient (Wildman–Crippen LogP) is 3.60. The van der Waals surface area contributed by atoms with Crippen LogP contribution in [0.1, 0.15) is 46.5 Å². The van der Waals surface area contributed by atoms with Gasteiger partial charge in [0.1, 0.15) is 5.60 Å². The number of hydrogen-bond donors (Lipinski definition) is 0. The summed E-state index contributed by atoms with van der Waals surface area (Å²) < 4.78 is 6.22. The Kier molecular flexibility index (Phi) is 3.63. The highest BCUT2D eigenvalue weighted by atomic mass is 127. The van der Waals surface area contributed by atoms with E-state index in [2.05, 4.69) is 22.6 Å². The first-order valence-electron chi connectivity index (χ1n) is 6.42. The third-order valence-electron chi connectivity index (χ3n) is 3.68. The minimum Gasteiger partial charge on any atom is -0.444 e. The molecule has 1 heterocycles. The largest absolute Gasteiger partial charge is 0.444 e. The van der Waals surface area contributed by atoms with Gasteiger partial charge in [-0.2, -0.15) is 0 Å². The van der Waals surface area contributed by atoms with E-state index < -0.39 is 0 Å². The van der Waals surface area contributed by atoms with Crippen molar-refractivity contribution < 1.29 is 9.53 Å². The number of alkyl halides is 1. The molecule has 1 aliphatic carbocycles. The number of nitrogens with zero attached hydrogens (tertiary/aromatic N) is 1. The molecule has 1 saturated carbocycles. The highest BCUT2D eigenvalue weighted by Crippen LogP contribution is 2.45. The van der Waals surface area contributed by atoms with Gasteiger partial charge in [0, 0.05) is 22.4 Å². The van der Waals surface area contributed by atoms with Gasteiger partial charge in [0.15, 0.2) is 0 Å². The summed E-state index contributed by atoms with van der Waals surface area (Å²) in [5, 5.41) is 0. The maximum absolute atomic E-state index is 11.8. The van der Waals surface area contributed by atoms with Crippen LogP contribution in [0.4, 0.5) is 4.79 Å². The van der Waals surface area contributed by atoms with Gasteiger partial charge in [0.05, 0.1) is 0 Å².